The van der Waals surface area contributed by atoms with Gasteiger partial charge in [0.15, 0.2) is 0 Å². The van der Waals surface area contributed by atoms with E-state index >= 15 is 0 Å². The van der Waals surface area contributed by atoms with Crippen molar-refractivity contribution in [3.63, 3.8) is 0 Å². The molecule has 1 amide bonds. The SMILES string of the molecule is CCCCCCC[C@H](NC(=O)c1cc([N+](=O)[O-])cc([N+](=O)[O-])c1)P(=O)(O)O. The van der Waals surface area contributed by atoms with Crippen LogP contribution in [0.3, 0.4) is 0 Å². The van der Waals surface area contributed by atoms with Crippen molar-refractivity contribution in [1.82, 2.24) is 5.32 Å². The highest BCUT2D eigenvalue weighted by Gasteiger charge is 2.31. The summed E-state index contributed by atoms with van der Waals surface area (Å²) in [7, 11) is -4.67. The Morgan fingerprint density at radius 2 is 1.59 bits per heavy atom. The van der Waals surface area contributed by atoms with Crippen molar-refractivity contribution in [1.29, 1.82) is 0 Å². The third kappa shape index (κ3) is 7.41. The molecule has 0 spiro atoms. The van der Waals surface area contributed by atoms with Crippen molar-refractivity contribution >= 4 is 24.9 Å². The molecule has 3 N–H and O–H groups in total. The number of nitro benzene ring substituents is 2. The third-order valence-electron chi connectivity index (χ3n) is 3.87. The predicted octanol–water partition coefficient (Wildman–Crippen LogP) is 3.10. The number of amides is 1. The monoisotopic (exact) mass is 403 g/mol. The number of non-ortho nitro benzene ring substituents is 2. The van der Waals surface area contributed by atoms with E-state index in [1.54, 1.807) is 0 Å². The topological polar surface area (TPSA) is 173 Å². The van der Waals surface area contributed by atoms with Crippen LogP contribution in [0.15, 0.2) is 18.2 Å². The fourth-order valence-corrected chi connectivity index (χ4v) is 3.24. The molecule has 0 radical (unpaired) electrons. The van der Waals surface area contributed by atoms with Crippen LogP contribution in [-0.2, 0) is 4.57 Å². The van der Waals surface area contributed by atoms with Crippen molar-refractivity contribution < 1.29 is 29.0 Å². The van der Waals surface area contributed by atoms with Crippen LogP contribution in [-0.4, -0.2) is 31.3 Å². The molecule has 0 aliphatic heterocycles. The fourth-order valence-electron chi connectivity index (χ4n) is 2.44. The van der Waals surface area contributed by atoms with E-state index in [0.717, 1.165) is 37.8 Å². The van der Waals surface area contributed by atoms with Crippen LogP contribution in [0.1, 0.15) is 55.8 Å². The molecular weight excluding hydrogens is 381 g/mol. The Morgan fingerprint density at radius 1 is 1.07 bits per heavy atom. The molecule has 11 nitrogen and oxygen atoms in total. The van der Waals surface area contributed by atoms with Crippen molar-refractivity contribution in [2.75, 3.05) is 0 Å². The Balaban J connectivity index is 2.96. The zero-order chi connectivity index (χ0) is 20.6. The number of hydrogen-bond acceptors (Lipinski definition) is 6. The number of unbranched alkanes of at least 4 members (excludes halogenated alkanes) is 4. The molecule has 0 aliphatic rings. The molecule has 0 unspecified atom stereocenters. The van der Waals surface area contributed by atoms with E-state index in [0.29, 0.717) is 12.5 Å². The number of carbonyl (C=O) groups is 1. The summed E-state index contributed by atoms with van der Waals surface area (Å²) in [6.45, 7) is 2.02. The molecule has 0 aromatic heterocycles. The van der Waals surface area contributed by atoms with Gasteiger partial charge in [-0.3, -0.25) is 29.6 Å². The Bertz CT molecular complexity index is 716. The van der Waals surface area contributed by atoms with Gasteiger partial charge in [0.1, 0.15) is 5.78 Å². The minimum absolute atomic E-state index is 0.0246. The van der Waals surface area contributed by atoms with Crippen LogP contribution in [0.5, 0.6) is 0 Å². The summed E-state index contributed by atoms with van der Waals surface area (Å²) in [5, 5.41) is 23.9. The van der Waals surface area contributed by atoms with Crippen molar-refractivity contribution in [3.8, 4) is 0 Å². The third-order valence-corrected chi connectivity index (χ3v) is 5.07. The zero-order valence-electron chi connectivity index (χ0n) is 14.7. The van der Waals surface area contributed by atoms with E-state index in [4.69, 9.17) is 0 Å². The first-order valence-electron chi connectivity index (χ1n) is 8.36. The maximum Gasteiger partial charge on any atom is 0.347 e. The molecule has 0 heterocycles. The second-order valence-electron chi connectivity index (χ2n) is 6.03. The lowest BCUT2D eigenvalue weighted by Gasteiger charge is -2.20. The molecule has 1 rings (SSSR count). The average molecular weight is 403 g/mol. The maximum atomic E-state index is 12.3. The van der Waals surface area contributed by atoms with Crippen molar-refractivity contribution in [2.24, 2.45) is 0 Å². The molecule has 1 aromatic carbocycles. The summed E-state index contributed by atoms with van der Waals surface area (Å²) < 4.78 is 11.6. The van der Waals surface area contributed by atoms with Gasteiger partial charge in [0.05, 0.1) is 21.5 Å². The quantitative estimate of drug-likeness (QED) is 0.219. The fraction of sp³-hybridized carbons (Fsp3) is 0.533. The van der Waals surface area contributed by atoms with Gasteiger partial charge in [-0.05, 0) is 6.42 Å². The lowest BCUT2D eigenvalue weighted by atomic mass is 10.1. The van der Waals surface area contributed by atoms with Gasteiger partial charge in [-0.25, -0.2) is 0 Å². The first-order valence-corrected chi connectivity index (χ1v) is 10.0. The van der Waals surface area contributed by atoms with E-state index in [1.165, 1.54) is 0 Å². The highest BCUT2D eigenvalue weighted by Crippen LogP contribution is 2.42. The summed E-state index contributed by atoms with van der Waals surface area (Å²) in [6.07, 6.45) is 4.13. The Hall–Kier alpha value is -2.36. The van der Waals surface area contributed by atoms with Gasteiger partial charge in [-0.2, -0.15) is 0 Å². The molecule has 0 fully saturated rings. The van der Waals surface area contributed by atoms with E-state index in [2.05, 4.69) is 5.32 Å². The highest BCUT2D eigenvalue weighted by molar-refractivity contribution is 7.52. The number of nitrogens with zero attached hydrogens (tertiary/aromatic N) is 2. The molecule has 12 heteroatoms. The van der Waals surface area contributed by atoms with Crippen LogP contribution in [0, 0.1) is 20.2 Å². The van der Waals surface area contributed by atoms with E-state index in [9.17, 15) is 39.4 Å². The lowest BCUT2D eigenvalue weighted by Crippen LogP contribution is -2.34. The molecular formula is C15H22N3O8P. The largest absolute Gasteiger partial charge is 0.347 e. The second-order valence-corrected chi connectivity index (χ2v) is 7.84. The Morgan fingerprint density at radius 3 is 2.04 bits per heavy atom. The summed E-state index contributed by atoms with van der Waals surface area (Å²) in [4.78, 5) is 51.2. The molecule has 0 bridgehead atoms. The molecule has 1 atom stereocenters. The van der Waals surface area contributed by atoms with Crippen LogP contribution in [0.4, 0.5) is 11.4 Å². The smallest absolute Gasteiger partial charge is 0.338 e. The molecule has 0 saturated carbocycles. The van der Waals surface area contributed by atoms with Crippen LogP contribution in [0.2, 0.25) is 0 Å². The van der Waals surface area contributed by atoms with Gasteiger partial charge in [-0.15, -0.1) is 0 Å². The minimum atomic E-state index is -4.67. The number of hydrogen-bond donors (Lipinski definition) is 3. The highest BCUT2D eigenvalue weighted by atomic mass is 31.2. The first kappa shape index (κ1) is 22.7. The molecule has 0 aliphatic carbocycles. The number of rotatable bonds is 11. The number of benzene rings is 1. The van der Waals surface area contributed by atoms with Crippen LogP contribution in [0.25, 0.3) is 0 Å². The van der Waals surface area contributed by atoms with E-state index < -0.39 is 46.1 Å². The summed E-state index contributed by atoms with van der Waals surface area (Å²) >= 11 is 0. The molecule has 27 heavy (non-hydrogen) atoms. The average Bonchev–Trinajstić information content (AvgIpc) is 2.58. The summed E-state index contributed by atoms with van der Waals surface area (Å²) in [5.41, 5.74) is -1.75. The second kappa shape index (κ2) is 10.1. The number of carbonyl (C=O) groups excluding carboxylic acids is 1. The minimum Gasteiger partial charge on any atom is -0.338 e. The predicted molar refractivity (Wildman–Crippen MR) is 96.4 cm³/mol. The Labute approximate surface area is 155 Å². The number of nitrogens with one attached hydrogen (secondary N) is 1. The van der Waals surface area contributed by atoms with Gasteiger partial charge in [-0.1, -0.05) is 39.0 Å². The van der Waals surface area contributed by atoms with Gasteiger partial charge in [0.2, 0.25) is 0 Å². The normalized spacial score (nSPS) is 12.4. The molecule has 1 aromatic rings. The van der Waals surface area contributed by atoms with Gasteiger partial charge in [0, 0.05) is 12.1 Å². The van der Waals surface area contributed by atoms with E-state index in [-0.39, 0.29) is 6.42 Å². The standard InChI is InChI=1S/C15H22N3O8P/c1-2-3-4-5-6-7-14(27(24,25)26)16-15(19)11-8-12(17(20)21)10-13(9-11)18(22)23/h8-10,14H,2-7H2,1H3,(H,16,19)(H2,24,25,26)/t14-/m1/s1. The summed E-state index contributed by atoms with van der Waals surface area (Å²) in [6, 6.07) is 2.34. The molecule has 150 valence electrons. The molecule has 0 saturated heterocycles. The van der Waals surface area contributed by atoms with Crippen molar-refractivity contribution in [2.45, 2.75) is 51.2 Å². The number of nitro groups is 2. The van der Waals surface area contributed by atoms with Gasteiger partial charge >= 0.3 is 7.60 Å². The van der Waals surface area contributed by atoms with Crippen molar-refractivity contribution in [3.05, 3.63) is 44.0 Å². The maximum absolute atomic E-state index is 12.3. The van der Waals surface area contributed by atoms with Crippen LogP contribution < -0.4 is 5.32 Å². The summed E-state index contributed by atoms with van der Waals surface area (Å²) in [5.74, 6) is -2.49. The first-order chi connectivity index (χ1) is 12.6. The van der Waals surface area contributed by atoms with Gasteiger partial charge in [0.25, 0.3) is 17.3 Å². The van der Waals surface area contributed by atoms with Crippen LogP contribution >= 0.6 is 7.60 Å². The lowest BCUT2D eigenvalue weighted by molar-refractivity contribution is -0.394. The Kier molecular flexibility index (Phi) is 8.48. The van der Waals surface area contributed by atoms with E-state index in [1.807, 2.05) is 6.92 Å². The zero-order valence-corrected chi connectivity index (χ0v) is 15.6. The van der Waals surface area contributed by atoms with Gasteiger partial charge < -0.3 is 15.1 Å².